The van der Waals surface area contributed by atoms with E-state index in [0.29, 0.717) is 18.5 Å². The molecule has 1 aromatic heterocycles. The Labute approximate surface area is 80.0 Å². The molecule has 74 valence electrons. The van der Waals surface area contributed by atoms with E-state index >= 15 is 0 Å². The number of imidazole rings is 1. The molecule has 0 saturated carbocycles. The third kappa shape index (κ3) is 2.56. The molecule has 0 saturated heterocycles. The largest absolute Gasteiger partial charge is 0.334 e. The highest BCUT2D eigenvalue weighted by atomic mass is 15.1. The Morgan fingerprint density at radius 1 is 1.46 bits per heavy atom. The van der Waals surface area contributed by atoms with Crippen LogP contribution in [-0.4, -0.2) is 16.1 Å². The monoisotopic (exact) mass is 181 g/mol. The topological polar surface area (TPSA) is 43.8 Å². The van der Waals surface area contributed by atoms with Gasteiger partial charge in [0, 0.05) is 18.7 Å². The van der Waals surface area contributed by atoms with Crippen LogP contribution < -0.4 is 5.73 Å². The first kappa shape index (κ1) is 10.3. The molecule has 0 aliphatic carbocycles. The summed E-state index contributed by atoms with van der Waals surface area (Å²) in [5.74, 6) is 0.639. The minimum atomic E-state index is 0.513. The van der Waals surface area contributed by atoms with E-state index in [9.17, 15) is 0 Å². The second-order valence-electron chi connectivity index (χ2n) is 3.84. The fourth-order valence-electron chi connectivity index (χ4n) is 1.22. The molecule has 2 N–H and O–H groups in total. The standard InChI is InChI=1S/C10H19N3/c1-8(2)9(3)13-6-10(4-5-11)12-7-13/h6-9H,4-5,11H2,1-3H3. The van der Waals surface area contributed by atoms with Gasteiger partial charge < -0.3 is 10.3 Å². The van der Waals surface area contributed by atoms with Crippen molar-refractivity contribution in [3.63, 3.8) is 0 Å². The number of hydrogen-bond donors (Lipinski definition) is 1. The van der Waals surface area contributed by atoms with E-state index in [4.69, 9.17) is 5.73 Å². The minimum Gasteiger partial charge on any atom is -0.334 e. The van der Waals surface area contributed by atoms with E-state index in [1.807, 2.05) is 6.33 Å². The lowest BCUT2D eigenvalue weighted by atomic mass is 10.1. The Kier molecular flexibility index (Phi) is 3.48. The maximum absolute atomic E-state index is 5.46. The average molecular weight is 181 g/mol. The van der Waals surface area contributed by atoms with Crippen LogP contribution in [0.2, 0.25) is 0 Å². The van der Waals surface area contributed by atoms with Crippen molar-refractivity contribution in [2.75, 3.05) is 6.54 Å². The molecular weight excluding hydrogens is 162 g/mol. The van der Waals surface area contributed by atoms with Crippen molar-refractivity contribution >= 4 is 0 Å². The van der Waals surface area contributed by atoms with Crippen molar-refractivity contribution in [2.45, 2.75) is 33.2 Å². The Hall–Kier alpha value is -0.830. The SMILES string of the molecule is CC(C)C(C)n1cnc(CCN)c1. The van der Waals surface area contributed by atoms with Gasteiger partial charge in [0.05, 0.1) is 12.0 Å². The molecule has 1 atom stereocenters. The van der Waals surface area contributed by atoms with Gasteiger partial charge in [-0.15, -0.1) is 0 Å². The molecule has 0 fully saturated rings. The lowest BCUT2D eigenvalue weighted by molar-refractivity contribution is 0.407. The zero-order valence-electron chi connectivity index (χ0n) is 8.70. The zero-order chi connectivity index (χ0) is 9.84. The normalized spacial score (nSPS) is 13.6. The summed E-state index contributed by atoms with van der Waals surface area (Å²) in [6.45, 7) is 7.31. The fourth-order valence-corrected chi connectivity index (χ4v) is 1.22. The molecule has 0 spiro atoms. The van der Waals surface area contributed by atoms with Crippen molar-refractivity contribution in [1.82, 2.24) is 9.55 Å². The van der Waals surface area contributed by atoms with E-state index in [1.165, 1.54) is 0 Å². The molecule has 0 radical (unpaired) electrons. The lowest BCUT2D eigenvalue weighted by Crippen LogP contribution is -2.09. The quantitative estimate of drug-likeness (QED) is 0.766. The third-order valence-corrected chi connectivity index (χ3v) is 2.49. The van der Waals surface area contributed by atoms with Gasteiger partial charge in [-0.25, -0.2) is 4.98 Å². The molecule has 0 bridgehead atoms. The van der Waals surface area contributed by atoms with Gasteiger partial charge in [0.15, 0.2) is 0 Å². The van der Waals surface area contributed by atoms with Crippen molar-refractivity contribution in [3.8, 4) is 0 Å². The van der Waals surface area contributed by atoms with Gasteiger partial charge in [0.2, 0.25) is 0 Å². The molecule has 1 aromatic rings. The Morgan fingerprint density at radius 2 is 2.15 bits per heavy atom. The molecule has 13 heavy (non-hydrogen) atoms. The Bertz CT molecular complexity index is 252. The maximum Gasteiger partial charge on any atom is 0.0951 e. The van der Waals surface area contributed by atoms with Gasteiger partial charge in [-0.3, -0.25) is 0 Å². The first-order chi connectivity index (χ1) is 6.15. The molecule has 0 aliphatic heterocycles. The molecule has 1 unspecified atom stereocenters. The van der Waals surface area contributed by atoms with E-state index in [1.54, 1.807) is 0 Å². The van der Waals surface area contributed by atoms with E-state index in [2.05, 4.69) is 36.5 Å². The highest BCUT2D eigenvalue weighted by molar-refractivity contribution is 4.98. The van der Waals surface area contributed by atoms with Gasteiger partial charge in [-0.05, 0) is 19.4 Å². The van der Waals surface area contributed by atoms with Crippen LogP contribution in [0.25, 0.3) is 0 Å². The molecule has 1 heterocycles. The van der Waals surface area contributed by atoms with Crippen LogP contribution in [0.1, 0.15) is 32.5 Å². The Balaban J connectivity index is 2.67. The summed E-state index contributed by atoms with van der Waals surface area (Å²) in [6.07, 6.45) is 4.87. The van der Waals surface area contributed by atoms with E-state index in [-0.39, 0.29) is 0 Å². The van der Waals surface area contributed by atoms with Crippen molar-refractivity contribution in [2.24, 2.45) is 11.7 Å². The first-order valence-corrected chi connectivity index (χ1v) is 4.87. The molecule has 0 amide bonds. The molecule has 3 heteroatoms. The highest BCUT2D eigenvalue weighted by Gasteiger charge is 2.09. The lowest BCUT2D eigenvalue weighted by Gasteiger charge is -2.16. The van der Waals surface area contributed by atoms with Gasteiger partial charge in [0.25, 0.3) is 0 Å². The van der Waals surface area contributed by atoms with E-state index in [0.717, 1.165) is 12.1 Å². The number of nitrogens with two attached hydrogens (primary N) is 1. The molecule has 0 aromatic carbocycles. The second-order valence-corrected chi connectivity index (χ2v) is 3.84. The number of hydrogen-bond acceptors (Lipinski definition) is 2. The predicted octanol–water partition coefficient (Wildman–Crippen LogP) is 1.60. The molecule has 3 nitrogen and oxygen atoms in total. The molecule has 1 rings (SSSR count). The summed E-state index contributed by atoms with van der Waals surface area (Å²) in [7, 11) is 0. The summed E-state index contributed by atoms with van der Waals surface area (Å²) in [5.41, 5.74) is 6.55. The van der Waals surface area contributed by atoms with Crippen LogP contribution in [0, 0.1) is 5.92 Å². The second kappa shape index (κ2) is 4.42. The van der Waals surface area contributed by atoms with Gasteiger partial charge in [-0.2, -0.15) is 0 Å². The summed E-state index contributed by atoms with van der Waals surface area (Å²) in [5, 5.41) is 0. The van der Waals surface area contributed by atoms with Gasteiger partial charge in [0.1, 0.15) is 0 Å². The summed E-state index contributed by atoms with van der Waals surface area (Å²) >= 11 is 0. The molecular formula is C10H19N3. The number of rotatable bonds is 4. The number of nitrogens with zero attached hydrogens (tertiary/aromatic N) is 2. The van der Waals surface area contributed by atoms with Crippen molar-refractivity contribution in [1.29, 1.82) is 0 Å². The van der Waals surface area contributed by atoms with Crippen LogP contribution in [0.15, 0.2) is 12.5 Å². The van der Waals surface area contributed by atoms with Crippen LogP contribution in [0.5, 0.6) is 0 Å². The van der Waals surface area contributed by atoms with Crippen LogP contribution in [0.3, 0.4) is 0 Å². The summed E-state index contributed by atoms with van der Waals surface area (Å²) < 4.78 is 2.16. The fraction of sp³-hybridized carbons (Fsp3) is 0.700. The number of aromatic nitrogens is 2. The van der Waals surface area contributed by atoms with E-state index < -0.39 is 0 Å². The Morgan fingerprint density at radius 3 is 2.69 bits per heavy atom. The van der Waals surface area contributed by atoms with Crippen LogP contribution in [0.4, 0.5) is 0 Å². The predicted molar refractivity (Wildman–Crippen MR) is 54.5 cm³/mol. The van der Waals surface area contributed by atoms with Crippen LogP contribution >= 0.6 is 0 Å². The minimum absolute atomic E-state index is 0.513. The molecule has 0 aliphatic rings. The smallest absolute Gasteiger partial charge is 0.0951 e. The van der Waals surface area contributed by atoms with Gasteiger partial charge >= 0.3 is 0 Å². The maximum atomic E-state index is 5.46. The highest BCUT2D eigenvalue weighted by Crippen LogP contribution is 2.16. The first-order valence-electron chi connectivity index (χ1n) is 4.87. The average Bonchev–Trinajstić information content (AvgIpc) is 2.52. The summed E-state index contributed by atoms with van der Waals surface area (Å²) in [6, 6.07) is 0.513. The van der Waals surface area contributed by atoms with Gasteiger partial charge in [-0.1, -0.05) is 13.8 Å². The summed E-state index contributed by atoms with van der Waals surface area (Å²) in [4.78, 5) is 4.29. The zero-order valence-corrected chi connectivity index (χ0v) is 8.70. The van der Waals surface area contributed by atoms with Crippen LogP contribution in [-0.2, 0) is 6.42 Å². The van der Waals surface area contributed by atoms with Crippen molar-refractivity contribution < 1.29 is 0 Å². The van der Waals surface area contributed by atoms with Crippen molar-refractivity contribution in [3.05, 3.63) is 18.2 Å². The third-order valence-electron chi connectivity index (χ3n) is 2.49.